The molecule has 0 spiro atoms. The number of anilines is 2. The van der Waals surface area contributed by atoms with E-state index < -0.39 is 0 Å². The third-order valence-electron chi connectivity index (χ3n) is 5.84. The lowest BCUT2D eigenvalue weighted by Crippen LogP contribution is -2.47. The van der Waals surface area contributed by atoms with Crippen molar-refractivity contribution in [3.8, 4) is 0 Å². The molecule has 3 aromatic rings. The zero-order chi connectivity index (χ0) is 21.3. The molecule has 4 heteroatoms. The van der Waals surface area contributed by atoms with Crippen molar-refractivity contribution in [3.63, 3.8) is 0 Å². The van der Waals surface area contributed by atoms with Crippen molar-refractivity contribution in [1.29, 1.82) is 0 Å². The highest BCUT2D eigenvalue weighted by Gasteiger charge is 2.38. The summed E-state index contributed by atoms with van der Waals surface area (Å²) in [7, 11) is 0. The lowest BCUT2D eigenvalue weighted by Gasteiger charge is -2.43. The Hall–Kier alpha value is -3.40. The summed E-state index contributed by atoms with van der Waals surface area (Å²) < 4.78 is 0. The second-order valence-electron chi connectivity index (χ2n) is 7.87. The van der Waals surface area contributed by atoms with Crippen molar-refractivity contribution in [2.45, 2.75) is 39.3 Å². The minimum absolute atomic E-state index is 0.000543. The lowest BCUT2D eigenvalue weighted by atomic mass is 9.89. The molecule has 1 heterocycles. The molecule has 2 amide bonds. The maximum absolute atomic E-state index is 13.5. The van der Waals surface area contributed by atoms with Gasteiger partial charge in [-0.1, -0.05) is 54.6 Å². The van der Waals surface area contributed by atoms with E-state index >= 15 is 0 Å². The normalized spacial score (nSPS) is 17.9. The van der Waals surface area contributed by atoms with E-state index in [9.17, 15) is 9.59 Å². The van der Waals surface area contributed by atoms with Gasteiger partial charge in [0.25, 0.3) is 5.91 Å². The van der Waals surface area contributed by atoms with Gasteiger partial charge in [0, 0.05) is 29.9 Å². The van der Waals surface area contributed by atoms with Crippen LogP contribution < -0.4 is 9.80 Å². The molecule has 3 aromatic carbocycles. The molecule has 4 rings (SSSR count). The number of rotatable bonds is 3. The van der Waals surface area contributed by atoms with Gasteiger partial charge in [-0.05, 0) is 55.7 Å². The van der Waals surface area contributed by atoms with Crippen molar-refractivity contribution in [3.05, 3.63) is 95.6 Å². The van der Waals surface area contributed by atoms with E-state index in [1.165, 1.54) is 0 Å². The number of hydrogen-bond acceptors (Lipinski definition) is 2. The first kappa shape index (κ1) is 19.9. The minimum atomic E-state index is -0.128. The number of carbonyl (C=O) groups excluding carboxylic acids is 2. The van der Waals surface area contributed by atoms with Gasteiger partial charge in [-0.3, -0.25) is 9.59 Å². The van der Waals surface area contributed by atoms with Crippen molar-refractivity contribution < 1.29 is 9.59 Å². The molecule has 30 heavy (non-hydrogen) atoms. The van der Waals surface area contributed by atoms with Crippen LogP contribution in [-0.4, -0.2) is 17.9 Å². The fraction of sp³-hybridized carbons (Fsp3) is 0.231. The molecule has 1 aliphatic heterocycles. The van der Waals surface area contributed by atoms with Crippen LogP contribution in [0.5, 0.6) is 0 Å². The zero-order valence-corrected chi connectivity index (χ0v) is 17.6. The van der Waals surface area contributed by atoms with E-state index in [4.69, 9.17) is 0 Å². The third kappa shape index (κ3) is 3.50. The molecule has 152 valence electrons. The molecule has 0 saturated heterocycles. The number of para-hydroxylation sites is 2. The topological polar surface area (TPSA) is 40.6 Å². The van der Waals surface area contributed by atoms with Crippen LogP contribution in [0.15, 0.2) is 78.9 Å². The van der Waals surface area contributed by atoms with Gasteiger partial charge >= 0.3 is 0 Å². The number of carbonyl (C=O) groups is 2. The standard InChI is InChI=1S/C26H26N2O2/c1-18-11-7-8-14-22(18)26(30)27-19(2)17-25(23-15-9-10-16-24(23)27)28(20(3)29)21-12-5-4-6-13-21/h4-16,19,25H,17H2,1-3H3/t19-,25+/m1/s1. The van der Waals surface area contributed by atoms with Crippen LogP contribution in [0, 0.1) is 6.92 Å². The second kappa shape index (κ2) is 8.15. The monoisotopic (exact) mass is 398 g/mol. The highest BCUT2D eigenvalue weighted by atomic mass is 16.2. The summed E-state index contributed by atoms with van der Waals surface area (Å²) in [4.78, 5) is 29.9. The second-order valence-corrected chi connectivity index (χ2v) is 7.87. The first-order chi connectivity index (χ1) is 14.5. The number of fused-ring (bicyclic) bond motifs is 1. The van der Waals surface area contributed by atoms with Gasteiger partial charge in [-0.2, -0.15) is 0 Å². The van der Waals surface area contributed by atoms with E-state index in [1.54, 1.807) is 6.92 Å². The summed E-state index contributed by atoms with van der Waals surface area (Å²) in [5.74, 6) is -0.00697. The van der Waals surface area contributed by atoms with Crippen molar-refractivity contribution in [2.75, 3.05) is 9.80 Å². The van der Waals surface area contributed by atoms with Crippen LogP contribution in [0.4, 0.5) is 11.4 Å². The van der Waals surface area contributed by atoms with Gasteiger partial charge < -0.3 is 9.80 Å². The summed E-state index contributed by atoms with van der Waals surface area (Å²) in [5.41, 5.74) is 4.41. The van der Waals surface area contributed by atoms with Crippen molar-refractivity contribution in [1.82, 2.24) is 0 Å². The molecular formula is C26H26N2O2. The third-order valence-corrected chi connectivity index (χ3v) is 5.84. The Morgan fingerprint density at radius 1 is 0.900 bits per heavy atom. The number of benzene rings is 3. The SMILES string of the molecule is CC(=O)N(c1ccccc1)[C@H]1C[C@@H](C)N(C(=O)c2ccccc2C)c2ccccc21. The van der Waals surface area contributed by atoms with Crippen molar-refractivity contribution >= 4 is 23.2 Å². The molecule has 1 aliphatic rings. The predicted octanol–water partition coefficient (Wildman–Crippen LogP) is 5.53. The Morgan fingerprint density at radius 3 is 2.23 bits per heavy atom. The Kier molecular flexibility index (Phi) is 5.40. The summed E-state index contributed by atoms with van der Waals surface area (Å²) in [5, 5.41) is 0. The number of amides is 2. The van der Waals surface area contributed by atoms with E-state index in [1.807, 2.05) is 95.6 Å². The van der Waals surface area contributed by atoms with Crippen LogP contribution >= 0.6 is 0 Å². The van der Waals surface area contributed by atoms with Gasteiger partial charge in [0.2, 0.25) is 5.91 Å². The molecule has 2 atom stereocenters. The molecule has 0 fully saturated rings. The molecule has 0 unspecified atom stereocenters. The predicted molar refractivity (Wildman–Crippen MR) is 121 cm³/mol. The fourth-order valence-corrected chi connectivity index (χ4v) is 4.45. The number of hydrogen-bond donors (Lipinski definition) is 0. The summed E-state index contributed by atoms with van der Waals surface area (Å²) in [6.45, 7) is 5.62. The average molecular weight is 399 g/mol. The fourth-order valence-electron chi connectivity index (χ4n) is 4.45. The first-order valence-corrected chi connectivity index (χ1v) is 10.3. The lowest BCUT2D eigenvalue weighted by molar-refractivity contribution is -0.117. The van der Waals surface area contributed by atoms with Gasteiger partial charge in [0.05, 0.1) is 6.04 Å². The van der Waals surface area contributed by atoms with Crippen LogP contribution in [0.25, 0.3) is 0 Å². The van der Waals surface area contributed by atoms with Crippen LogP contribution in [-0.2, 0) is 4.79 Å². The van der Waals surface area contributed by atoms with Crippen LogP contribution in [0.3, 0.4) is 0 Å². The Labute approximate surface area is 177 Å². The highest BCUT2D eigenvalue weighted by molar-refractivity contribution is 6.08. The minimum Gasteiger partial charge on any atom is -0.305 e. The molecule has 4 nitrogen and oxygen atoms in total. The number of aryl methyl sites for hydroxylation is 1. The smallest absolute Gasteiger partial charge is 0.258 e. The van der Waals surface area contributed by atoms with Crippen LogP contribution in [0.2, 0.25) is 0 Å². The van der Waals surface area contributed by atoms with Gasteiger partial charge in [0.1, 0.15) is 0 Å². The van der Waals surface area contributed by atoms with Gasteiger partial charge in [-0.25, -0.2) is 0 Å². The molecule has 0 N–H and O–H groups in total. The highest BCUT2D eigenvalue weighted by Crippen LogP contribution is 2.42. The first-order valence-electron chi connectivity index (χ1n) is 10.3. The summed E-state index contributed by atoms with van der Waals surface area (Å²) in [6.07, 6.45) is 0.670. The molecule has 0 bridgehead atoms. The van der Waals surface area contributed by atoms with Crippen molar-refractivity contribution in [2.24, 2.45) is 0 Å². The van der Waals surface area contributed by atoms with E-state index in [-0.39, 0.29) is 23.9 Å². The van der Waals surface area contributed by atoms with E-state index in [2.05, 4.69) is 6.92 Å². The largest absolute Gasteiger partial charge is 0.305 e. The summed E-state index contributed by atoms with van der Waals surface area (Å²) in [6, 6.07) is 25.2. The van der Waals surface area contributed by atoms with E-state index in [0.29, 0.717) is 12.0 Å². The Morgan fingerprint density at radius 2 is 1.53 bits per heavy atom. The quantitative estimate of drug-likeness (QED) is 0.582. The van der Waals surface area contributed by atoms with Gasteiger partial charge in [-0.15, -0.1) is 0 Å². The molecule has 0 saturated carbocycles. The number of nitrogens with zero attached hydrogens (tertiary/aromatic N) is 2. The van der Waals surface area contributed by atoms with E-state index in [0.717, 1.165) is 22.5 Å². The average Bonchev–Trinajstić information content (AvgIpc) is 2.74. The Bertz CT molecular complexity index is 1080. The molecule has 0 radical (unpaired) electrons. The van der Waals surface area contributed by atoms with Gasteiger partial charge in [0.15, 0.2) is 0 Å². The Balaban J connectivity index is 1.80. The van der Waals surface area contributed by atoms with Crippen LogP contribution in [0.1, 0.15) is 47.8 Å². The maximum atomic E-state index is 13.5. The molecular weight excluding hydrogens is 372 g/mol. The summed E-state index contributed by atoms with van der Waals surface area (Å²) >= 11 is 0. The zero-order valence-electron chi connectivity index (χ0n) is 17.6. The molecule has 0 aromatic heterocycles. The molecule has 0 aliphatic carbocycles. The maximum Gasteiger partial charge on any atom is 0.258 e.